The van der Waals surface area contributed by atoms with Gasteiger partial charge in [0, 0.05) is 12.4 Å². The van der Waals surface area contributed by atoms with Crippen molar-refractivity contribution < 1.29 is 14.7 Å². The summed E-state index contributed by atoms with van der Waals surface area (Å²) in [5, 5.41) is 18.6. The number of aromatic amines is 1. The molecular weight excluding hydrogens is 264 g/mol. The van der Waals surface area contributed by atoms with Crippen LogP contribution in [0.2, 0.25) is 0 Å². The van der Waals surface area contributed by atoms with E-state index in [1.165, 1.54) is 6.20 Å². The van der Waals surface area contributed by atoms with Gasteiger partial charge in [0.15, 0.2) is 5.69 Å². The number of hydrogen-bond acceptors (Lipinski definition) is 5. The van der Waals surface area contributed by atoms with Crippen molar-refractivity contribution in [2.24, 2.45) is 0 Å². The van der Waals surface area contributed by atoms with Crippen LogP contribution in [0, 0.1) is 0 Å². The largest absolute Gasteiger partial charge is 0.480 e. The van der Waals surface area contributed by atoms with Gasteiger partial charge in [0.2, 0.25) is 0 Å². The SMILES string of the molecule is CCC(NC(=O)c1cn(CC(=O)O)nn1)c1ncc[nH]1. The number of amides is 1. The number of hydrogen-bond donors (Lipinski definition) is 3. The summed E-state index contributed by atoms with van der Waals surface area (Å²) in [7, 11) is 0. The van der Waals surface area contributed by atoms with Crippen molar-refractivity contribution in [3.8, 4) is 0 Å². The lowest BCUT2D eigenvalue weighted by molar-refractivity contribution is -0.137. The van der Waals surface area contributed by atoms with Crippen molar-refractivity contribution in [2.45, 2.75) is 25.9 Å². The first-order valence-corrected chi connectivity index (χ1v) is 6.02. The quantitative estimate of drug-likeness (QED) is 0.681. The minimum absolute atomic E-state index is 0.0660. The number of nitrogens with one attached hydrogen (secondary N) is 2. The first kappa shape index (κ1) is 13.7. The third kappa shape index (κ3) is 3.19. The molecule has 0 spiro atoms. The molecule has 0 saturated heterocycles. The Balaban J connectivity index is 2.03. The van der Waals surface area contributed by atoms with Crippen LogP contribution < -0.4 is 5.32 Å². The molecule has 9 heteroatoms. The van der Waals surface area contributed by atoms with E-state index in [1.807, 2.05) is 6.92 Å². The number of rotatable bonds is 6. The van der Waals surface area contributed by atoms with Crippen LogP contribution in [0.5, 0.6) is 0 Å². The fourth-order valence-corrected chi connectivity index (χ4v) is 1.68. The Bertz CT molecular complexity index is 591. The molecule has 2 rings (SSSR count). The molecule has 106 valence electrons. The fraction of sp³-hybridized carbons (Fsp3) is 0.364. The van der Waals surface area contributed by atoms with Crippen molar-refractivity contribution in [1.82, 2.24) is 30.3 Å². The van der Waals surface area contributed by atoms with E-state index in [2.05, 4.69) is 25.6 Å². The maximum Gasteiger partial charge on any atom is 0.325 e. The zero-order valence-electron chi connectivity index (χ0n) is 10.8. The number of imidazole rings is 1. The van der Waals surface area contributed by atoms with Crippen molar-refractivity contribution in [1.29, 1.82) is 0 Å². The highest BCUT2D eigenvalue weighted by Crippen LogP contribution is 2.11. The van der Waals surface area contributed by atoms with Gasteiger partial charge in [0.1, 0.15) is 12.4 Å². The van der Waals surface area contributed by atoms with Crippen LogP contribution in [-0.2, 0) is 11.3 Å². The summed E-state index contributed by atoms with van der Waals surface area (Å²) in [5.74, 6) is -0.826. The van der Waals surface area contributed by atoms with Gasteiger partial charge in [-0.1, -0.05) is 12.1 Å². The van der Waals surface area contributed by atoms with Crippen LogP contribution in [0.4, 0.5) is 0 Å². The number of carbonyl (C=O) groups is 2. The minimum atomic E-state index is -1.05. The van der Waals surface area contributed by atoms with E-state index < -0.39 is 11.9 Å². The molecule has 1 atom stereocenters. The first-order chi connectivity index (χ1) is 9.60. The number of nitrogens with zero attached hydrogens (tertiary/aromatic N) is 4. The second-order valence-electron chi connectivity index (χ2n) is 4.10. The first-order valence-electron chi connectivity index (χ1n) is 6.02. The smallest absolute Gasteiger partial charge is 0.325 e. The Morgan fingerprint density at radius 1 is 1.55 bits per heavy atom. The molecule has 1 unspecified atom stereocenters. The molecular formula is C11H14N6O3. The van der Waals surface area contributed by atoms with Crippen molar-refractivity contribution in [3.63, 3.8) is 0 Å². The van der Waals surface area contributed by atoms with Crippen LogP contribution in [-0.4, -0.2) is 41.9 Å². The van der Waals surface area contributed by atoms with E-state index in [4.69, 9.17) is 5.11 Å². The fourth-order valence-electron chi connectivity index (χ4n) is 1.68. The topological polar surface area (TPSA) is 126 Å². The molecule has 0 bridgehead atoms. The molecule has 0 aliphatic rings. The summed E-state index contributed by atoms with van der Waals surface area (Å²) in [6, 6.07) is -0.262. The van der Waals surface area contributed by atoms with Crippen LogP contribution in [0.1, 0.15) is 35.7 Å². The van der Waals surface area contributed by atoms with Gasteiger partial charge in [-0.25, -0.2) is 9.67 Å². The summed E-state index contributed by atoms with van der Waals surface area (Å²) < 4.78 is 1.09. The zero-order chi connectivity index (χ0) is 14.5. The molecule has 2 heterocycles. The number of carboxylic acid groups (broad SMARTS) is 1. The zero-order valence-corrected chi connectivity index (χ0v) is 10.8. The number of aromatic nitrogens is 5. The molecule has 2 aromatic rings. The average Bonchev–Trinajstić information content (AvgIpc) is 3.05. The van der Waals surface area contributed by atoms with Crippen molar-refractivity contribution in [2.75, 3.05) is 0 Å². The molecule has 20 heavy (non-hydrogen) atoms. The molecule has 0 saturated carbocycles. The van der Waals surface area contributed by atoms with Gasteiger partial charge in [-0.15, -0.1) is 5.10 Å². The third-order valence-electron chi connectivity index (χ3n) is 2.63. The lowest BCUT2D eigenvalue weighted by Gasteiger charge is -2.13. The Hall–Kier alpha value is -2.71. The van der Waals surface area contributed by atoms with Gasteiger partial charge >= 0.3 is 5.97 Å². The highest BCUT2D eigenvalue weighted by atomic mass is 16.4. The predicted octanol–water partition coefficient (Wildman–Crippen LogP) is -0.0331. The summed E-state index contributed by atoms with van der Waals surface area (Å²) in [6.45, 7) is 1.57. The van der Waals surface area contributed by atoms with Crippen LogP contribution in [0.25, 0.3) is 0 Å². The average molecular weight is 278 g/mol. The molecule has 0 fully saturated rings. The minimum Gasteiger partial charge on any atom is -0.480 e. The van der Waals surface area contributed by atoms with Gasteiger partial charge in [-0.05, 0) is 6.42 Å². The molecule has 0 aliphatic heterocycles. The van der Waals surface area contributed by atoms with Crippen LogP contribution >= 0.6 is 0 Å². The highest BCUT2D eigenvalue weighted by molar-refractivity contribution is 5.92. The third-order valence-corrected chi connectivity index (χ3v) is 2.63. The maximum absolute atomic E-state index is 12.0. The Morgan fingerprint density at radius 3 is 2.95 bits per heavy atom. The lowest BCUT2D eigenvalue weighted by Crippen LogP contribution is -2.29. The van der Waals surface area contributed by atoms with E-state index in [1.54, 1.807) is 12.4 Å². The maximum atomic E-state index is 12.0. The predicted molar refractivity (Wildman–Crippen MR) is 66.7 cm³/mol. The van der Waals surface area contributed by atoms with Crippen molar-refractivity contribution >= 4 is 11.9 Å². The number of carboxylic acids is 1. The number of carbonyl (C=O) groups excluding carboxylic acids is 1. The molecule has 0 aromatic carbocycles. The number of H-pyrrole nitrogens is 1. The van der Waals surface area contributed by atoms with E-state index in [0.717, 1.165) is 4.68 Å². The molecule has 0 radical (unpaired) electrons. The Morgan fingerprint density at radius 2 is 2.35 bits per heavy atom. The summed E-state index contributed by atoms with van der Waals surface area (Å²) in [6.07, 6.45) is 5.22. The van der Waals surface area contributed by atoms with Crippen molar-refractivity contribution in [3.05, 3.63) is 30.1 Å². The monoisotopic (exact) mass is 278 g/mol. The molecule has 0 aliphatic carbocycles. The molecule has 9 nitrogen and oxygen atoms in total. The highest BCUT2D eigenvalue weighted by Gasteiger charge is 2.18. The Kier molecular flexibility index (Phi) is 4.08. The van der Waals surface area contributed by atoms with E-state index in [-0.39, 0.29) is 18.3 Å². The normalized spacial score (nSPS) is 12.1. The van der Waals surface area contributed by atoms with E-state index in [9.17, 15) is 9.59 Å². The van der Waals surface area contributed by atoms with Gasteiger partial charge in [0.25, 0.3) is 5.91 Å². The van der Waals surface area contributed by atoms with E-state index >= 15 is 0 Å². The molecule has 1 amide bonds. The van der Waals surface area contributed by atoms with E-state index in [0.29, 0.717) is 12.2 Å². The standard InChI is InChI=1S/C11H14N6O3/c1-2-7(10-12-3-4-13-10)14-11(20)8-5-17(16-15-8)6-9(18)19/h3-5,7H,2,6H2,1H3,(H,12,13)(H,14,20)(H,18,19). The molecule has 3 N–H and O–H groups in total. The second-order valence-corrected chi connectivity index (χ2v) is 4.10. The van der Waals surface area contributed by atoms with Gasteiger partial charge in [-0.2, -0.15) is 0 Å². The van der Waals surface area contributed by atoms with Gasteiger partial charge < -0.3 is 15.4 Å². The van der Waals surface area contributed by atoms with Gasteiger partial charge in [0.05, 0.1) is 12.2 Å². The molecule has 2 aromatic heterocycles. The van der Waals surface area contributed by atoms with Gasteiger partial charge in [-0.3, -0.25) is 9.59 Å². The van der Waals surface area contributed by atoms with Crippen LogP contribution in [0.3, 0.4) is 0 Å². The summed E-state index contributed by atoms with van der Waals surface area (Å²) in [5.41, 5.74) is 0.0660. The summed E-state index contributed by atoms with van der Waals surface area (Å²) >= 11 is 0. The second kappa shape index (κ2) is 5.95. The van der Waals surface area contributed by atoms with Crippen LogP contribution in [0.15, 0.2) is 18.6 Å². The Labute approximate surface area is 114 Å². The lowest BCUT2D eigenvalue weighted by atomic mass is 10.2. The number of aliphatic carboxylic acids is 1. The summed E-state index contributed by atoms with van der Waals surface area (Å²) in [4.78, 5) is 29.5.